The molecule has 1 atom stereocenters. The molecule has 4 rings (SSSR count). The van der Waals surface area contributed by atoms with Gasteiger partial charge in [0.1, 0.15) is 29.9 Å². The molecule has 1 aliphatic heterocycles. The van der Waals surface area contributed by atoms with Gasteiger partial charge in [0.05, 0.1) is 4.90 Å². The lowest BCUT2D eigenvalue weighted by Gasteiger charge is -2.08. The Morgan fingerprint density at radius 2 is 1.87 bits per heavy atom. The van der Waals surface area contributed by atoms with Gasteiger partial charge >= 0.3 is 5.97 Å². The average molecular weight is 425 g/mol. The summed E-state index contributed by atoms with van der Waals surface area (Å²) < 4.78 is 37.7. The van der Waals surface area contributed by atoms with Gasteiger partial charge in [0.25, 0.3) is 10.0 Å². The summed E-state index contributed by atoms with van der Waals surface area (Å²) in [6, 6.07) is 15.0. The van der Waals surface area contributed by atoms with Crippen LogP contribution in [0, 0.1) is 6.92 Å². The minimum absolute atomic E-state index is 0.0709. The van der Waals surface area contributed by atoms with Crippen molar-refractivity contribution >= 4 is 21.8 Å². The van der Waals surface area contributed by atoms with Crippen LogP contribution in [0.25, 0.3) is 11.5 Å². The summed E-state index contributed by atoms with van der Waals surface area (Å²) in [5, 5.41) is 0. The van der Waals surface area contributed by atoms with E-state index in [9.17, 15) is 13.2 Å². The SMILES string of the molecule is Cc1oc(-c2ccccc2)nc1COC(=O)[C@H](C)N=C1NS(=O)(=O)c2ccccc21. The fourth-order valence-electron chi connectivity index (χ4n) is 3.00. The van der Waals surface area contributed by atoms with Crippen molar-refractivity contribution in [3.63, 3.8) is 0 Å². The molecular weight excluding hydrogens is 406 g/mol. The number of sulfonamides is 1. The molecule has 0 fully saturated rings. The van der Waals surface area contributed by atoms with Crippen LogP contribution in [0.2, 0.25) is 0 Å². The van der Waals surface area contributed by atoms with Crippen molar-refractivity contribution < 1.29 is 22.4 Å². The first-order valence-electron chi connectivity index (χ1n) is 9.23. The number of rotatable bonds is 5. The van der Waals surface area contributed by atoms with E-state index in [1.165, 1.54) is 13.0 Å². The van der Waals surface area contributed by atoms with E-state index in [1.54, 1.807) is 25.1 Å². The highest BCUT2D eigenvalue weighted by Crippen LogP contribution is 2.23. The maximum absolute atomic E-state index is 12.4. The molecule has 0 spiro atoms. The Labute approximate surface area is 173 Å². The van der Waals surface area contributed by atoms with Gasteiger partial charge in [-0.2, -0.15) is 0 Å². The number of amidine groups is 1. The maximum Gasteiger partial charge on any atom is 0.331 e. The molecule has 2 heterocycles. The topological polar surface area (TPSA) is 111 Å². The molecule has 1 N–H and O–H groups in total. The molecule has 1 aromatic heterocycles. The summed E-state index contributed by atoms with van der Waals surface area (Å²) in [5.74, 6) is 0.524. The number of hydrogen-bond acceptors (Lipinski definition) is 7. The lowest BCUT2D eigenvalue weighted by atomic mass is 10.2. The van der Waals surface area contributed by atoms with Gasteiger partial charge in [-0.15, -0.1) is 0 Å². The van der Waals surface area contributed by atoms with Crippen LogP contribution in [0.3, 0.4) is 0 Å². The van der Waals surface area contributed by atoms with E-state index in [2.05, 4.69) is 14.7 Å². The number of hydrogen-bond donors (Lipinski definition) is 1. The normalized spacial score (nSPS) is 16.7. The number of aliphatic imine (C=N–C) groups is 1. The van der Waals surface area contributed by atoms with E-state index >= 15 is 0 Å². The first-order chi connectivity index (χ1) is 14.3. The molecule has 8 nitrogen and oxygen atoms in total. The molecule has 3 aromatic rings. The van der Waals surface area contributed by atoms with E-state index in [1.807, 2.05) is 30.3 Å². The first-order valence-corrected chi connectivity index (χ1v) is 10.7. The fraction of sp³-hybridized carbons (Fsp3) is 0.190. The summed E-state index contributed by atoms with van der Waals surface area (Å²) in [7, 11) is -3.67. The third-order valence-corrected chi connectivity index (χ3v) is 5.99. The standard InChI is InChI=1S/C21H19N3O5S/c1-13(22-19-16-10-6-7-11-18(16)30(26,27)24-19)21(25)28-12-17-14(2)29-20(23-17)15-8-4-3-5-9-15/h3-11,13H,12H2,1-2H3,(H,22,24)/t13-/m0/s1. The second-order valence-corrected chi connectivity index (χ2v) is 8.40. The summed E-state index contributed by atoms with van der Waals surface area (Å²) in [5.41, 5.74) is 1.76. The van der Waals surface area contributed by atoms with E-state index in [4.69, 9.17) is 9.15 Å². The average Bonchev–Trinajstić information content (AvgIpc) is 3.24. The minimum Gasteiger partial charge on any atom is -0.457 e. The van der Waals surface area contributed by atoms with Gasteiger partial charge in [-0.05, 0) is 38.1 Å². The van der Waals surface area contributed by atoms with E-state index in [-0.39, 0.29) is 17.3 Å². The van der Waals surface area contributed by atoms with Crippen molar-refractivity contribution in [3.05, 3.63) is 71.6 Å². The molecule has 2 aromatic carbocycles. The second kappa shape index (κ2) is 7.75. The van der Waals surface area contributed by atoms with Crippen LogP contribution in [-0.4, -0.2) is 31.2 Å². The largest absolute Gasteiger partial charge is 0.457 e. The highest BCUT2D eigenvalue weighted by atomic mass is 32.2. The summed E-state index contributed by atoms with van der Waals surface area (Å²) in [6.45, 7) is 3.21. The van der Waals surface area contributed by atoms with E-state index < -0.39 is 22.0 Å². The number of oxazole rings is 1. The lowest BCUT2D eigenvalue weighted by molar-refractivity contribution is -0.146. The molecule has 0 saturated carbocycles. The van der Waals surface area contributed by atoms with Crippen molar-refractivity contribution in [2.24, 2.45) is 4.99 Å². The Kier molecular flexibility index (Phi) is 5.13. The predicted molar refractivity (Wildman–Crippen MR) is 109 cm³/mol. The first kappa shape index (κ1) is 19.8. The summed E-state index contributed by atoms with van der Waals surface area (Å²) in [4.78, 5) is 21.1. The van der Waals surface area contributed by atoms with Crippen LogP contribution >= 0.6 is 0 Å². The Bertz CT molecular complexity index is 1230. The number of esters is 1. The summed E-state index contributed by atoms with van der Waals surface area (Å²) >= 11 is 0. The monoisotopic (exact) mass is 425 g/mol. The third-order valence-electron chi connectivity index (χ3n) is 4.59. The fourth-order valence-corrected chi connectivity index (χ4v) is 4.24. The van der Waals surface area contributed by atoms with Gasteiger partial charge in [0.15, 0.2) is 0 Å². The molecule has 30 heavy (non-hydrogen) atoms. The molecule has 0 saturated heterocycles. The van der Waals surface area contributed by atoms with Gasteiger partial charge < -0.3 is 9.15 Å². The number of nitrogens with one attached hydrogen (secondary N) is 1. The minimum atomic E-state index is -3.67. The molecular formula is C21H19N3O5S. The van der Waals surface area contributed by atoms with Crippen molar-refractivity contribution in [2.45, 2.75) is 31.4 Å². The Morgan fingerprint density at radius 1 is 1.17 bits per heavy atom. The van der Waals surface area contributed by atoms with Crippen molar-refractivity contribution in [2.75, 3.05) is 0 Å². The van der Waals surface area contributed by atoms with Crippen molar-refractivity contribution in [3.8, 4) is 11.5 Å². The third kappa shape index (κ3) is 3.84. The number of ether oxygens (including phenoxy) is 1. The van der Waals surface area contributed by atoms with E-state index in [0.29, 0.717) is 22.9 Å². The number of nitrogens with zero attached hydrogens (tertiary/aromatic N) is 2. The zero-order valence-corrected chi connectivity index (χ0v) is 17.1. The Morgan fingerprint density at radius 3 is 2.63 bits per heavy atom. The van der Waals surface area contributed by atoms with Crippen LogP contribution in [0.5, 0.6) is 0 Å². The van der Waals surface area contributed by atoms with E-state index in [0.717, 1.165) is 5.56 Å². The molecule has 9 heteroatoms. The maximum atomic E-state index is 12.4. The number of carbonyl (C=O) groups excluding carboxylic acids is 1. The molecule has 0 unspecified atom stereocenters. The van der Waals surface area contributed by atoms with Crippen LogP contribution in [0.1, 0.15) is 23.9 Å². The molecule has 1 aliphatic rings. The summed E-state index contributed by atoms with van der Waals surface area (Å²) in [6.07, 6.45) is 0. The van der Waals surface area contributed by atoms with Crippen LogP contribution in [0.4, 0.5) is 0 Å². The predicted octanol–water partition coefficient (Wildman–Crippen LogP) is 2.82. The van der Waals surface area contributed by atoms with Crippen LogP contribution in [-0.2, 0) is 26.2 Å². The zero-order valence-electron chi connectivity index (χ0n) is 16.3. The number of benzene rings is 2. The number of aromatic nitrogens is 1. The van der Waals surface area contributed by atoms with Gasteiger partial charge in [0, 0.05) is 11.1 Å². The lowest BCUT2D eigenvalue weighted by Crippen LogP contribution is -2.26. The van der Waals surface area contributed by atoms with Gasteiger partial charge in [0.2, 0.25) is 5.89 Å². The highest BCUT2D eigenvalue weighted by molar-refractivity contribution is 7.90. The molecule has 0 bridgehead atoms. The number of carbonyl (C=O) groups is 1. The van der Waals surface area contributed by atoms with Crippen LogP contribution < -0.4 is 4.72 Å². The quantitative estimate of drug-likeness (QED) is 0.630. The smallest absolute Gasteiger partial charge is 0.331 e. The molecule has 0 amide bonds. The number of aryl methyl sites for hydroxylation is 1. The number of fused-ring (bicyclic) bond motifs is 1. The highest BCUT2D eigenvalue weighted by Gasteiger charge is 2.31. The van der Waals surface area contributed by atoms with Crippen LogP contribution in [0.15, 0.2) is 68.9 Å². The van der Waals surface area contributed by atoms with Gasteiger partial charge in [-0.1, -0.05) is 30.3 Å². The molecule has 0 radical (unpaired) electrons. The Hall–Kier alpha value is -3.46. The van der Waals surface area contributed by atoms with Gasteiger partial charge in [-0.25, -0.2) is 18.2 Å². The van der Waals surface area contributed by atoms with Gasteiger partial charge in [-0.3, -0.25) is 9.71 Å². The second-order valence-electron chi connectivity index (χ2n) is 6.75. The van der Waals surface area contributed by atoms with Crippen molar-refractivity contribution in [1.82, 2.24) is 9.71 Å². The Balaban J connectivity index is 1.45. The molecule has 154 valence electrons. The van der Waals surface area contributed by atoms with Crippen molar-refractivity contribution in [1.29, 1.82) is 0 Å². The zero-order chi connectivity index (χ0) is 21.3. The molecule has 0 aliphatic carbocycles.